The summed E-state index contributed by atoms with van der Waals surface area (Å²) >= 11 is 3.50. The quantitative estimate of drug-likeness (QED) is 0.858. The maximum atomic E-state index is 6.35. The molecule has 1 saturated carbocycles. The second-order valence-electron chi connectivity index (χ2n) is 5.73. The van der Waals surface area contributed by atoms with E-state index in [2.05, 4.69) is 22.0 Å². The van der Waals surface area contributed by atoms with E-state index in [9.17, 15) is 0 Å². The highest BCUT2D eigenvalue weighted by Gasteiger charge is 2.43. The molecule has 0 aromatic heterocycles. The minimum Gasteiger partial charge on any atom is -0.487 e. The molecule has 1 aliphatic heterocycles. The molecular weight excluding hydrogens is 306 g/mol. The van der Waals surface area contributed by atoms with Gasteiger partial charge in [-0.3, -0.25) is 0 Å². The van der Waals surface area contributed by atoms with Crippen LogP contribution in [-0.2, 0) is 4.74 Å². The molecule has 1 aromatic carbocycles. The van der Waals surface area contributed by atoms with Crippen LogP contribution >= 0.6 is 15.9 Å². The maximum absolute atomic E-state index is 6.35. The lowest BCUT2D eigenvalue weighted by Crippen LogP contribution is -2.48. The number of hydrogen-bond donors (Lipinski definition) is 1. The summed E-state index contributed by atoms with van der Waals surface area (Å²) in [5, 5.41) is 0. The molecule has 0 radical (unpaired) electrons. The van der Waals surface area contributed by atoms with Gasteiger partial charge in [0, 0.05) is 36.0 Å². The molecule has 1 heterocycles. The predicted molar refractivity (Wildman–Crippen MR) is 78.3 cm³/mol. The first-order valence-corrected chi connectivity index (χ1v) is 7.68. The predicted octanol–water partition coefficient (Wildman–Crippen LogP) is 3.56. The molecule has 19 heavy (non-hydrogen) atoms. The summed E-state index contributed by atoms with van der Waals surface area (Å²) < 4.78 is 12.9. The normalized spacial score (nSPS) is 33.8. The second kappa shape index (κ2) is 5.08. The van der Waals surface area contributed by atoms with Gasteiger partial charge in [0.2, 0.25) is 0 Å². The zero-order chi connectivity index (χ0) is 13.5. The molecular formula is C15H20BrNO2. The van der Waals surface area contributed by atoms with Crippen LogP contribution in [0.5, 0.6) is 5.75 Å². The van der Waals surface area contributed by atoms with Gasteiger partial charge in [-0.2, -0.15) is 0 Å². The number of hydrogen-bond acceptors (Lipinski definition) is 3. The molecule has 1 aromatic rings. The van der Waals surface area contributed by atoms with Crippen LogP contribution in [0.4, 0.5) is 0 Å². The Bertz CT molecular complexity index is 479. The van der Waals surface area contributed by atoms with Gasteiger partial charge in [0.25, 0.3) is 0 Å². The number of nitrogens with two attached hydrogens (primary N) is 1. The summed E-state index contributed by atoms with van der Waals surface area (Å²) in [4.78, 5) is 0. The van der Waals surface area contributed by atoms with Crippen LogP contribution in [0.3, 0.4) is 0 Å². The maximum Gasteiger partial charge on any atom is 0.126 e. The molecule has 0 saturated heterocycles. The summed E-state index contributed by atoms with van der Waals surface area (Å²) in [6.45, 7) is 0. The fraction of sp³-hybridized carbons (Fsp3) is 0.600. The van der Waals surface area contributed by atoms with Crippen LogP contribution in [0, 0.1) is 0 Å². The van der Waals surface area contributed by atoms with E-state index in [1.807, 2.05) is 12.1 Å². The number of methoxy groups -OCH3 is 1. The van der Waals surface area contributed by atoms with Gasteiger partial charge in [0.15, 0.2) is 0 Å². The van der Waals surface area contributed by atoms with Crippen molar-refractivity contribution in [2.24, 2.45) is 5.73 Å². The Labute approximate surface area is 122 Å². The van der Waals surface area contributed by atoms with E-state index >= 15 is 0 Å². The molecule has 0 amide bonds. The van der Waals surface area contributed by atoms with Crippen molar-refractivity contribution in [2.45, 2.75) is 49.9 Å². The number of benzene rings is 1. The van der Waals surface area contributed by atoms with Gasteiger partial charge >= 0.3 is 0 Å². The number of ether oxygens (including phenoxy) is 2. The lowest BCUT2D eigenvalue weighted by molar-refractivity contribution is -0.0578. The highest BCUT2D eigenvalue weighted by Crippen LogP contribution is 2.46. The molecule has 104 valence electrons. The molecule has 2 N–H and O–H groups in total. The van der Waals surface area contributed by atoms with E-state index in [4.69, 9.17) is 15.2 Å². The van der Waals surface area contributed by atoms with Crippen molar-refractivity contribution in [3.05, 3.63) is 28.2 Å². The zero-order valence-corrected chi connectivity index (χ0v) is 12.8. The lowest BCUT2D eigenvalue weighted by atomic mass is 9.76. The van der Waals surface area contributed by atoms with Crippen LogP contribution in [0.2, 0.25) is 0 Å². The minimum absolute atomic E-state index is 0.0625. The van der Waals surface area contributed by atoms with Gasteiger partial charge in [-0.15, -0.1) is 0 Å². The third kappa shape index (κ3) is 2.54. The van der Waals surface area contributed by atoms with E-state index in [0.717, 1.165) is 47.9 Å². The molecule has 3 atom stereocenters. The van der Waals surface area contributed by atoms with Crippen LogP contribution < -0.4 is 10.5 Å². The van der Waals surface area contributed by atoms with Crippen molar-refractivity contribution in [3.63, 3.8) is 0 Å². The Balaban J connectivity index is 1.90. The van der Waals surface area contributed by atoms with E-state index < -0.39 is 0 Å². The lowest BCUT2D eigenvalue weighted by Gasteiger charge is -2.45. The first kappa shape index (κ1) is 13.4. The monoisotopic (exact) mass is 325 g/mol. The molecule has 0 bridgehead atoms. The third-order valence-corrected chi connectivity index (χ3v) is 4.88. The van der Waals surface area contributed by atoms with Gasteiger partial charge in [0.1, 0.15) is 11.4 Å². The highest BCUT2D eigenvalue weighted by molar-refractivity contribution is 9.10. The van der Waals surface area contributed by atoms with Crippen LogP contribution in [0.15, 0.2) is 22.7 Å². The second-order valence-corrected chi connectivity index (χ2v) is 6.65. The van der Waals surface area contributed by atoms with Crippen LogP contribution in [0.1, 0.15) is 43.7 Å². The first-order valence-electron chi connectivity index (χ1n) is 6.89. The van der Waals surface area contributed by atoms with Crippen LogP contribution in [0.25, 0.3) is 0 Å². The Hall–Kier alpha value is -0.580. The van der Waals surface area contributed by atoms with Gasteiger partial charge in [-0.1, -0.05) is 22.0 Å². The van der Waals surface area contributed by atoms with Crippen molar-refractivity contribution >= 4 is 15.9 Å². The molecule has 4 heteroatoms. The highest BCUT2D eigenvalue weighted by atomic mass is 79.9. The Morgan fingerprint density at radius 2 is 2.26 bits per heavy atom. The summed E-state index contributed by atoms with van der Waals surface area (Å²) in [6, 6.07) is 6.19. The molecule has 3 rings (SSSR count). The van der Waals surface area contributed by atoms with Crippen molar-refractivity contribution in [2.75, 3.05) is 7.11 Å². The summed E-state index contributed by atoms with van der Waals surface area (Å²) in [7, 11) is 1.79. The van der Waals surface area contributed by atoms with Crippen LogP contribution in [-0.4, -0.2) is 18.8 Å². The first-order chi connectivity index (χ1) is 9.12. The van der Waals surface area contributed by atoms with Gasteiger partial charge < -0.3 is 15.2 Å². The van der Waals surface area contributed by atoms with Crippen molar-refractivity contribution in [1.82, 2.24) is 0 Å². The third-order valence-electron chi connectivity index (χ3n) is 4.38. The van der Waals surface area contributed by atoms with Gasteiger partial charge in [0.05, 0.1) is 6.10 Å². The standard InChI is InChI=1S/C15H20BrNO2/c1-18-11-3-2-6-15(8-11)9-13(17)12-5-4-10(16)7-14(12)19-15/h4-5,7,11,13H,2-3,6,8-9,17H2,1H3/t11?,13-,15?/m1/s1. The number of halogens is 1. The topological polar surface area (TPSA) is 44.5 Å². The van der Waals surface area contributed by atoms with Crippen molar-refractivity contribution in [1.29, 1.82) is 0 Å². The zero-order valence-electron chi connectivity index (χ0n) is 11.2. The number of fused-ring (bicyclic) bond motifs is 1. The van der Waals surface area contributed by atoms with Gasteiger partial charge in [-0.25, -0.2) is 0 Å². The van der Waals surface area contributed by atoms with E-state index in [-0.39, 0.29) is 11.6 Å². The minimum atomic E-state index is -0.133. The fourth-order valence-electron chi connectivity index (χ4n) is 3.44. The Morgan fingerprint density at radius 1 is 1.42 bits per heavy atom. The van der Waals surface area contributed by atoms with Gasteiger partial charge in [-0.05, 0) is 31.4 Å². The van der Waals surface area contributed by atoms with Crippen molar-refractivity contribution in [3.8, 4) is 5.75 Å². The van der Waals surface area contributed by atoms with Crippen molar-refractivity contribution < 1.29 is 9.47 Å². The summed E-state index contributed by atoms with van der Waals surface area (Å²) in [5.74, 6) is 0.935. The summed E-state index contributed by atoms with van der Waals surface area (Å²) in [5.41, 5.74) is 7.34. The number of rotatable bonds is 1. The molecule has 2 unspecified atom stereocenters. The molecule has 1 aliphatic carbocycles. The molecule has 1 fully saturated rings. The molecule has 2 aliphatic rings. The Kier molecular flexibility index (Phi) is 3.58. The average Bonchev–Trinajstić information content (AvgIpc) is 2.38. The van der Waals surface area contributed by atoms with E-state index in [0.29, 0.717) is 6.10 Å². The fourth-order valence-corrected chi connectivity index (χ4v) is 3.78. The molecule has 3 nitrogen and oxygen atoms in total. The van der Waals surface area contributed by atoms with E-state index in [1.54, 1.807) is 7.11 Å². The average molecular weight is 326 g/mol. The smallest absolute Gasteiger partial charge is 0.126 e. The summed E-state index contributed by atoms with van der Waals surface area (Å²) in [6.07, 6.45) is 5.49. The largest absolute Gasteiger partial charge is 0.487 e. The molecule has 1 spiro atoms. The SMILES string of the molecule is COC1CCCC2(C1)C[C@@H](N)c1ccc(Br)cc1O2. The van der Waals surface area contributed by atoms with E-state index in [1.165, 1.54) is 0 Å². The Morgan fingerprint density at radius 3 is 3.05 bits per heavy atom.